The fourth-order valence-electron chi connectivity index (χ4n) is 4.77. The number of rotatable bonds is 5. The van der Waals surface area contributed by atoms with Gasteiger partial charge in [-0.1, -0.05) is 18.2 Å². The summed E-state index contributed by atoms with van der Waals surface area (Å²) in [6.07, 6.45) is 1.74. The van der Waals surface area contributed by atoms with E-state index in [1.54, 1.807) is 23.1 Å². The zero-order valence-corrected chi connectivity index (χ0v) is 19.8. The summed E-state index contributed by atoms with van der Waals surface area (Å²) in [6, 6.07) is 17.9. The first-order valence-corrected chi connectivity index (χ1v) is 13.1. The van der Waals surface area contributed by atoms with Gasteiger partial charge in [0.1, 0.15) is 6.54 Å². The molecule has 0 aliphatic carbocycles. The summed E-state index contributed by atoms with van der Waals surface area (Å²) in [4.78, 5) is 29.9. The average Bonchev–Trinajstić information content (AvgIpc) is 3.42. The predicted molar refractivity (Wildman–Crippen MR) is 131 cm³/mol. The van der Waals surface area contributed by atoms with Gasteiger partial charge in [0.05, 0.1) is 10.4 Å². The minimum absolute atomic E-state index is 0.0697. The third kappa shape index (κ3) is 4.33. The van der Waals surface area contributed by atoms with E-state index in [1.165, 1.54) is 21.0 Å². The number of pyridine rings is 1. The quantitative estimate of drug-likeness (QED) is 0.559. The number of carbonyl (C=O) groups is 1. The number of piperazine rings is 1. The van der Waals surface area contributed by atoms with Crippen LogP contribution in [0.15, 0.2) is 70.4 Å². The number of aromatic nitrogens is 1. The van der Waals surface area contributed by atoms with E-state index in [1.807, 2.05) is 18.2 Å². The smallest absolute Gasteiger partial charge is 0.251 e. The van der Waals surface area contributed by atoms with Crippen molar-refractivity contribution in [2.75, 3.05) is 44.2 Å². The zero-order chi connectivity index (χ0) is 23.7. The molecule has 2 saturated heterocycles. The van der Waals surface area contributed by atoms with Gasteiger partial charge in [-0.3, -0.25) is 14.2 Å². The molecular formula is C25H28N4O4S. The Balaban J connectivity index is 1.34. The highest BCUT2D eigenvalue weighted by molar-refractivity contribution is 7.89. The summed E-state index contributed by atoms with van der Waals surface area (Å²) in [6.45, 7) is 3.64. The lowest BCUT2D eigenvalue weighted by molar-refractivity contribution is -0.132. The van der Waals surface area contributed by atoms with Gasteiger partial charge < -0.3 is 9.80 Å². The molecule has 0 bridgehead atoms. The van der Waals surface area contributed by atoms with Crippen molar-refractivity contribution in [2.45, 2.75) is 24.3 Å². The molecule has 1 aromatic heterocycles. The molecule has 2 aliphatic heterocycles. The monoisotopic (exact) mass is 480 g/mol. The maximum Gasteiger partial charge on any atom is 0.251 e. The van der Waals surface area contributed by atoms with Crippen LogP contribution in [0.5, 0.6) is 0 Å². The van der Waals surface area contributed by atoms with E-state index in [4.69, 9.17) is 0 Å². The van der Waals surface area contributed by atoms with Crippen LogP contribution in [0, 0.1) is 0 Å². The van der Waals surface area contributed by atoms with Gasteiger partial charge in [0, 0.05) is 51.0 Å². The summed E-state index contributed by atoms with van der Waals surface area (Å²) in [5, 5.41) is 0.626. The Morgan fingerprint density at radius 2 is 1.53 bits per heavy atom. The fourth-order valence-corrected chi connectivity index (χ4v) is 6.32. The minimum Gasteiger partial charge on any atom is -0.368 e. The highest BCUT2D eigenvalue weighted by Crippen LogP contribution is 2.24. The van der Waals surface area contributed by atoms with Gasteiger partial charge in [-0.15, -0.1) is 0 Å². The van der Waals surface area contributed by atoms with Crippen LogP contribution < -0.4 is 10.5 Å². The second kappa shape index (κ2) is 9.23. The largest absolute Gasteiger partial charge is 0.368 e. The van der Waals surface area contributed by atoms with Crippen molar-refractivity contribution in [2.24, 2.45) is 0 Å². The summed E-state index contributed by atoms with van der Waals surface area (Å²) in [5.74, 6) is -0.115. The number of hydrogen-bond acceptors (Lipinski definition) is 5. The second-order valence-corrected chi connectivity index (χ2v) is 10.7. The zero-order valence-electron chi connectivity index (χ0n) is 19.0. The average molecular weight is 481 g/mol. The molecule has 178 valence electrons. The second-order valence-electron chi connectivity index (χ2n) is 8.79. The van der Waals surface area contributed by atoms with Crippen molar-refractivity contribution in [1.29, 1.82) is 0 Å². The fraction of sp³-hybridized carbons (Fsp3) is 0.360. The summed E-state index contributed by atoms with van der Waals surface area (Å²) in [7, 11) is -3.56. The van der Waals surface area contributed by atoms with Crippen molar-refractivity contribution in [3.8, 4) is 0 Å². The molecule has 2 aromatic carbocycles. The Bertz CT molecular complexity index is 1360. The lowest BCUT2D eigenvalue weighted by atomic mass is 10.2. The van der Waals surface area contributed by atoms with Crippen LogP contribution in [-0.2, 0) is 21.4 Å². The Labute approximate surface area is 199 Å². The minimum atomic E-state index is -3.56. The maximum atomic E-state index is 13.1. The molecule has 2 fully saturated rings. The van der Waals surface area contributed by atoms with E-state index in [0.29, 0.717) is 37.1 Å². The number of carbonyl (C=O) groups excluding carboxylic acids is 1. The van der Waals surface area contributed by atoms with Crippen LogP contribution in [0.25, 0.3) is 10.9 Å². The van der Waals surface area contributed by atoms with Gasteiger partial charge in [-0.05, 0) is 54.6 Å². The molecular weight excluding hydrogens is 452 g/mol. The maximum absolute atomic E-state index is 13.1. The first-order valence-electron chi connectivity index (χ1n) is 11.6. The molecule has 2 aliphatic rings. The molecule has 34 heavy (non-hydrogen) atoms. The van der Waals surface area contributed by atoms with Gasteiger partial charge >= 0.3 is 0 Å². The summed E-state index contributed by atoms with van der Waals surface area (Å²) >= 11 is 0. The van der Waals surface area contributed by atoms with Crippen LogP contribution in [0.2, 0.25) is 0 Å². The molecule has 3 aromatic rings. The van der Waals surface area contributed by atoms with Crippen LogP contribution in [-0.4, -0.2) is 67.4 Å². The SMILES string of the molecule is O=C(Cn1c(=O)ccc2cc(S(=O)(=O)N3CCCC3)ccc21)N1CCN(c2ccccc2)CC1. The summed E-state index contributed by atoms with van der Waals surface area (Å²) in [5.41, 5.74) is 1.42. The molecule has 0 radical (unpaired) electrons. The Morgan fingerprint density at radius 3 is 2.24 bits per heavy atom. The molecule has 0 atom stereocenters. The Hall–Kier alpha value is -3.17. The van der Waals surface area contributed by atoms with Crippen LogP contribution in [0.3, 0.4) is 0 Å². The van der Waals surface area contributed by atoms with Crippen molar-refractivity contribution in [1.82, 2.24) is 13.8 Å². The predicted octanol–water partition coefficient (Wildman–Crippen LogP) is 2.13. The van der Waals surface area contributed by atoms with Crippen molar-refractivity contribution >= 4 is 32.5 Å². The van der Waals surface area contributed by atoms with Crippen LogP contribution >= 0.6 is 0 Å². The van der Waals surface area contributed by atoms with Crippen LogP contribution in [0.1, 0.15) is 12.8 Å². The number of nitrogens with zero attached hydrogens (tertiary/aromatic N) is 4. The third-order valence-corrected chi connectivity index (χ3v) is 8.61. The van der Waals surface area contributed by atoms with Gasteiger partial charge in [0.25, 0.3) is 5.56 Å². The number of fused-ring (bicyclic) bond motifs is 1. The molecule has 5 rings (SSSR count). The Kier molecular flexibility index (Phi) is 6.14. The molecule has 1 amide bonds. The van der Waals surface area contributed by atoms with E-state index < -0.39 is 10.0 Å². The molecule has 0 saturated carbocycles. The molecule has 8 nitrogen and oxygen atoms in total. The van der Waals surface area contributed by atoms with E-state index in [0.717, 1.165) is 31.6 Å². The Morgan fingerprint density at radius 1 is 0.824 bits per heavy atom. The van der Waals surface area contributed by atoms with E-state index >= 15 is 0 Å². The van der Waals surface area contributed by atoms with Crippen molar-refractivity contribution in [3.05, 3.63) is 71.0 Å². The number of sulfonamides is 1. The van der Waals surface area contributed by atoms with E-state index in [9.17, 15) is 18.0 Å². The topological polar surface area (TPSA) is 82.9 Å². The molecule has 0 spiro atoms. The highest BCUT2D eigenvalue weighted by atomic mass is 32.2. The lowest BCUT2D eigenvalue weighted by Gasteiger charge is -2.36. The standard InChI is InChI=1S/C25H28N4O4S/c30-24-11-8-20-18-22(34(32,33)28-12-4-5-13-28)9-10-23(20)29(24)19-25(31)27-16-14-26(15-17-27)21-6-2-1-3-7-21/h1-3,6-11,18H,4-5,12-17,19H2. The first-order chi connectivity index (χ1) is 16.4. The molecule has 0 unspecified atom stereocenters. The van der Waals surface area contributed by atoms with Crippen molar-refractivity contribution in [3.63, 3.8) is 0 Å². The van der Waals surface area contributed by atoms with Gasteiger partial charge in [0.15, 0.2) is 0 Å². The number of hydrogen-bond donors (Lipinski definition) is 0. The van der Waals surface area contributed by atoms with E-state index in [2.05, 4.69) is 17.0 Å². The molecule has 0 N–H and O–H groups in total. The van der Waals surface area contributed by atoms with Crippen LogP contribution in [0.4, 0.5) is 5.69 Å². The molecule has 3 heterocycles. The van der Waals surface area contributed by atoms with Crippen molar-refractivity contribution < 1.29 is 13.2 Å². The summed E-state index contributed by atoms with van der Waals surface area (Å²) < 4.78 is 28.8. The number of amides is 1. The van der Waals surface area contributed by atoms with Gasteiger partial charge in [-0.2, -0.15) is 4.31 Å². The number of para-hydroxylation sites is 1. The normalized spacial score (nSPS) is 17.4. The van der Waals surface area contributed by atoms with Gasteiger partial charge in [-0.25, -0.2) is 8.42 Å². The molecule has 9 heteroatoms. The number of benzene rings is 2. The highest BCUT2D eigenvalue weighted by Gasteiger charge is 2.28. The first kappa shape index (κ1) is 22.6. The number of anilines is 1. The van der Waals surface area contributed by atoms with Gasteiger partial charge in [0.2, 0.25) is 15.9 Å². The van der Waals surface area contributed by atoms with E-state index in [-0.39, 0.29) is 22.9 Å². The lowest BCUT2D eigenvalue weighted by Crippen LogP contribution is -2.50. The third-order valence-electron chi connectivity index (χ3n) is 6.71.